The van der Waals surface area contributed by atoms with Crippen molar-refractivity contribution >= 4 is 5.91 Å². The summed E-state index contributed by atoms with van der Waals surface area (Å²) in [5, 5.41) is 12.0. The maximum atomic E-state index is 11.9. The molecule has 1 amide bonds. The van der Waals surface area contributed by atoms with Crippen LogP contribution in [-0.4, -0.2) is 17.5 Å². The smallest absolute Gasteiger partial charge is 0.223 e. The highest BCUT2D eigenvalue weighted by Crippen LogP contribution is 2.30. The maximum Gasteiger partial charge on any atom is 0.223 e. The number of carbonyl (C=O) groups is 1. The van der Waals surface area contributed by atoms with Crippen LogP contribution in [0.25, 0.3) is 0 Å². The van der Waals surface area contributed by atoms with Crippen LogP contribution in [0.3, 0.4) is 0 Å². The Kier molecular flexibility index (Phi) is 3.15. The fraction of sp³-hybridized carbons (Fsp3) is 0.833. The summed E-state index contributed by atoms with van der Waals surface area (Å²) in [6.45, 7) is 0. The van der Waals surface area contributed by atoms with Crippen LogP contribution in [0.2, 0.25) is 0 Å². The summed E-state index contributed by atoms with van der Waals surface area (Å²) in [5.74, 6) is 0.246. The first-order chi connectivity index (χ1) is 7.63. The largest absolute Gasteiger partial charge is 0.353 e. The Labute approximate surface area is 96.2 Å². The first-order valence-corrected chi connectivity index (χ1v) is 6.13. The predicted octanol–water partition coefficient (Wildman–Crippen LogP) is 1.07. The molecular formula is C12H19N3O. The summed E-state index contributed by atoms with van der Waals surface area (Å²) in [6, 6.07) is 2.56. The maximum absolute atomic E-state index is 11.9. The molecule has 2 fully saturated rings. The second-order valence-electron chi connectivity index (χ2n) is 5.18. The van der Waals surface area contributed by atoms with Crippen molar-refractivity contribution in [2.24, 2.45) is 11.7 Å². The van der Waals surface area contributed by atoms with Crippen LogP contribution in [0.5, 0.6) is 0 Å². The molecule has 16 heavy (non-hydrogen) atoms. The van der Waals surface area contributed by atoms with E-state index in [-0.39, 0.29) is 11.8 Å². The number of nitrogens with zero attached hydrogens (tertiary/aromatic N) is 1. The van der Waals surface area contributed by atoms with Crippen LogP contribution < -0.4 is 11.1 Å². The number of amides is 1. The van der Waals surface area contributed by atoms with E-state index in [1.165, 1.54) is 6.42 Å². The molecule has 0 aromatic heterocycles. The molecule has 88 valence electrons. The van der Waals surface area contributed by atoms with E-state index in [1.807, 2.05) is 0 Å². The number of nitrogens with one attached hydrogen (secondary N) is 1. The molecular weight excluding hydrogens is 202 g/mol. The number of nitriles is 1. The van der Waals surface area contributed by atoms with Gasteiger partial charge in [-0.15, -0.1) is 0 Å². The highest BCUT2D eigenvalue weighted by atomic mass is 16.1. The van der Waals surface area contributed by atoms with Crippen LogP contribution in [0, 0.1) is 17.2 Å². The third kappa shape index (κ3) is 2.35. The number of nitrogens with two attached hydrogens (primary N) is 1. The Bertz CT molecular complexity index is 309. The van der Waals surface area contributed by atoms with Crippen molar-refractivity contribution < 1.29 is 4.79 Å². The van der Waals surface area contributed by atoms with Gasteiger partial charge in [0.25, 0.3) is 0 Å². The fourth-order valence-electron chi connectivity index (χ4n) is 2.38. The monoisotopic (exact) mass is 221 g/mol. The van der Waals surface area contributed by atoms with Gasteiger partial charge in [-0.25, -0.2) is 0 Å². The SMILES string of the molecule is N#CC1(N)CCC(C(=O)NC2CCC2)CC1. The van der Waals surface area contributed by atoms with Gasteiger partial charge in [0.1, 0.15) is 5.54 Å². The molecule has 0 aromatic carbocycles. The van der Waals surface area contributed by atoms with Crippen LogP contribution in [0.1, 0.15) is 44.9 Å². The fourth-order valence-corrected chi connectivity index (χ4v) is 2.38. The van der Waals surface area contributed by atoms with Crippen LogP contribution in [-0.2, 0) is 4.79 Å². The Morgan fingerprint density at radius 2 is 1.94 bits per heavy atom. The molecule has 2 rings (SSSR count). The van der Waals surface area contributed by atoms with E-state index in [9.17, 15) is 4.79 Å². The zero-order valence-corrected chi connectivity index (χ0v) is 9.54. The van der Waals surface area contributed by atoms with Crippen molar-refractivity contribution in [1.82, 2.24) is 5.32 Å². The van der Waals surface area contributed by atoms with Crippen molar-refractivity contribution in [3.63, 3.8) is 0 Å². The van der Waals surface area contributed by atoms with Crippen molar-refractivity contribution in [3.05, 3.63) is 0 Å². The molecule has 2 aliphatic rings. The van der Waals surface area contributed by atoms with E-state index < -0.39 is 5.54 Å². The highest BCUT2D eigenvalue weighted by Gasteiger charge is 2.35. The summed E-state index contributed by atoms with van der Waals surface area (Å²) in [7, 11) is 0. The zero-order valence-electron chi connectivity index (χ0n) is 9.54. The molecule has 4 nitrogen and oxygen atoms in total. The summed E-state index contributed by atoms with van der Waals surface area (Å²) >= 11 is 0. The second kappa shape index (κ2) is 4.42. The van der Waals surface area contributed by atoms with E-state index in [0.717, 1.165) is 25.7 Å². The molecule has 0 aromatic rings. The lowest BCUT2D eigenvalue weighted by molar-refractivity contribution is -0.127. The van der Waals surface area contributed by atoms with Gasteiger partial charge < -0.3 is 11.1 Å². The lowest BCUT2D eigenvalue weighted by Gasteiger charge is -2.33. The van der Waals surface area contributed by atoms with Crippen LogP contribution in [0.4, 0.5) is 0 Å². The lowest BCUT2D eigenvalue weighted by Crippen LogP contribution is -2.47. The average molecular weight is 221 g/mol. The number of rotatable bonds is 2. The van der Waals surface area contributed by atoms with Gasteiger partial charge in [-0.2, -0.15) is 5.26 Å². The third-order valence-corrected chi connectivity index (χ3v) is 3.92. The van der Waals surface area contributed by atoms with E-state index in [4.69, 9.17) is 11.0 Å². The molecule has 0 spiro atoms. The van der Waals surface area contributed by atoms with Gasteiger partial charge in [0.05, 0.1) is 6.07 Å². The normalized spacial score (nSPS) is 34.9. The molecule has 0 unspecified atom stereocenters. The first-order valence-electron chi connectivity index (χ1n) is 6.13. The Morgan fingerprint density at radius 3 is 2.38 bits per heavy atom. The molecule has 0 heterocycles. The summed E-state index contributed by atoms with van der Waals surface area (Å²) in [6.07, 6.45) is 6.27. The molecule has 4 heteroatoms. The minimum atomic E-state index is -0.687. The standard InChI is InChI=1S/C12H19N3O/c13-8-12(14)6-4-9(5-7-12)11(16)15-10-2-1-3-10/h9-10H,1-7,14H2,(H,15,16). The summed E-state index contributed by atoms with van der Waals surface area (Å²) in [4.78, 5) is 11.9. The number of hydrogen-bond acceptors (Lipinski definition) is 3. The van der Waals surface area contributed by atoms with E-state index in [2.05, 4.69) is 11.4 Å². The van der Waals surface area contributed by atoms with Gasteiger partial charge >= 0.3 is 0 Å². The first kappa shape index (κ1) is 11.4. The van der Waals surface area contributed by atoms with Gasteiger partial charge in [-0.1, -0.05) is 0 Å². The van der Waals surface area contributed by atoms with Gasteiger partial charge in [-0.3, -0.25) is 4.79 Å². The van der Waals surface area contributed by atoms with E-state index >= 15 is 0 Å². The van der Waals surface area contributed by atoms with Crippen molar-refractivity contribution in [2.45, 2.75) is 56.5 Å². The average Bonchev–Trinajstić information content (AvgIpc) is 2.24. The van der Waals surface area contributed by atoms with Crippen LogP contribution in [0.15, 0.2) is 0 Å². The zero-order chi connectivity index (χ0) is 11.6. The third-order valence-electron chi connectivity index (χ3n) is 3.92. The van der Waals surface area contributed by atoms with Crippen molar-refractivity contribution in [3.8, 4) is 6.07 Å². The lowest BCUT2D eigenvalue weighted by atomic mass is 9.77. The van der Waals surface area contributed by atoms with E-state index in [1.54, 1.807) is 0 Å². The summed E-state index contributed by atoms with van der Waals surface area (Å²) < 4.78 is 0. The number of hydrogen-bond donors (Lipinski definition) is 2. The topological polar surface area (TPSA) is 78.9 Å². The van der Waals surface area contributed by atoms with Gasteiger partial charge in [0.2, 0.25) is 5.91 Å². The molecule has 0 bridgehead atoms. The Hall–Kier alpha value is -1.08. The Morgan fingerprint density at radius 1 is 1.31 bits per heavy atom. The molecule has 0 saturated heterocycles. The molecule has 2 saturated carbocycles. The molecule has 2 aliphatic carbocycles. The minimum absolute atomic E-state index is 0.0747. The minimum Gasteiger partial charge on any atom is -0.353 e. The van der Waals surface area contributed by atoms with E-state index in [0.29, 0.717) is 18.9 Å². The van der Waals surface area contributed by atoms with Gasteiger partial charge in [0, 0.05) is 12.0 Å². The quantitative estimate of drug-likeness (QED) is 0.732. The Balaban J connectivity index is 1.79. The van der Waals surface area contributed by atoms with Crippen molar-refractivity contribution in [2.75, 3.05) is 0 Å². The van der Waals surface area contributed by atoms with Crippen LogP contribution >= 0.6 is 0 Å². The number of carbonyl (C=O) groups excluding carboxylic acids is 1. The van der Waals surface area contributed by atoms with Crippen molar-refractivity contribution in [1.29, 1.82) is 5.26 Å². The molecule has 0 radical (unpaired) electrons. The van der Waals surface area contributed by atoms with Gasteiger partial charge in [-0.05, 0) is 44.9 Å². The molecule has 0 atom stereocenters. The molecule has 0 aliphatic heterocycles. The second-order valence-corrected chi connectivity index (χ2v) is 5.18. The predicted molar refractivity (Wildman–Crippen MR) is 60.3 cm³/mol. The molecule has 3 N–H and O–H groups in total. The van der Waals surface area contributed by atoms with Gasteiger partial charge in [0.15, 0.2) is 0 Å². The summed E-state index contributed by atoms with van der Waals surface area (Å²) in [5.41, 5.74) is 5.18. The highest BCUT2D eigenvalue weighted by molar-refractivity contribution is 5.79.